The molecule has 1 amide bonds. The number of hydrogen-bond acceptors (Lipinski definition) is 8. The maximum absolute atomic E-state index is 13.7. The SMILES string of the molecule is CC(=O)c1nn(CC(=O)N2[C@@H]3C[C@@H]3C[C@H]2C(=O)c2cccc(Br)n2)c2c(C)nc(-c3cnc(C)nc3)cc12. The van der Waals surface area contributed by atoms with Crippen LogP contribution in [0.2, 0.25) is 0 Å². The predicted octanol–water partition coefficient (Wildman–Crippen LogP) is 3.74. The third kappa shape index (κ3) is 4.20. The number of piperidine rings is 1. The van der Waals surface area contributed by atoms with Crippen molar-refractivity contribution in [3.63, 3.8) is 0 Å². The van der Waals surface area contributed by atoms with E-state index < -0.39 is 6.04 Å². The summed E-state index contributed by atoms with van der Waals surface area (Å²) in [5.41, 5.74) is 3.18. The van der Waals surface area contributed by atoms with Crippen LogP contribution in [0.1, 0.15) is 52.3 Å². The third-order valence-corrected chi connectivity index (χ3v) is 7.70. The van der Waals surface area contributed by atoms with E-state index in [0.717, 1.165) is 12.0 Å². The number of fused-ring (bicyclic) bond motifs is 2. The molecule has 1 saturated heterocycles. The van der Waals surface area contributed by atoms with Gasteiger partial charge in [0.15, 0.2) is 5.78 Å². The van der Waals surface area contributed by atoms with Crippen LogP contribution in [0.4, 0.5) is 0 Å². The number of nitrogens with zero attached hydrogens (tertiary/aromatic N) is 7. The molecule has 0 bridgehead atoms. The van der Waals surface area contributed by atoms with E-state index in [-0.39, 0.29) is 35.8 Å². The maximum atomic E-state index is 13.7. The van der Waals surface area contributed by atoms with Gasteiger partial charge >= 0.3 is 0 Å². The number of Topliss-reactive ketones (excluding diaryl/α,β-unsaturated/α-hetero) is 2. The highest BCUT2D eigenvalue weighted by Gasteiger charge is 2.56. The number of hydrogen-bond donors (Lipinski definition) is 0. The van der Waals surface area contributed by atoms with Crippen molar-refractivity contribution in [1.29, 1.82) is 0 Å². The molecule has 10 nitrogen and oxygen atoms in total. The van der Waals surface area contributed by atoms with Crippen molar-refractivity contribution in [3.8, 4) is 11.3 Å². The van der Waals surface area contributed by atoms with Gasteiger partial charge in [0.1, 0.15) is 28.4 Å². The molecule has 1 aliphatic heterocycles. The van der Waals surface area contributed by atoms with Gasteiger partial charge in [0.25, 0.3) is 0 Å². The smallest absolute Gasteiger partial charge is 0.245 e. The van der Waals surface area contributed by atoms with E-state index in [2.05, 4.69) is 36.0 Å². The highest BCUT2D eigenvalue weighted by atomic mass is 79.9. The van der Waals surface area contributed by atoms with E-state index >= 15 is 0 Å². The second kappa shape index (κ2) is 9.16. The Kier molecular flexibility index (Phi) is 5.90. The van der Waals surface area contributed by atoms with Crippen LogP contribution in [-0.2, 0) is 11.3 Å². The van der Waals surface area contributed by atoms with Crippen LogP contribution in [0, 0.1) is 19.8 Å². The average Bonchev–Trinajstić information content (AvgIpc) is 3.38. The predicted molar refractivity (Wildman–Crippen MR) is 141 cm³/mol. The summed E-state index contributed by atoms with van der Waals surface area (Å²) < 4.78 is 2.12. The highest BCUT2D eigenvalue weighted by Crippen LogP contribution is 2.48. The number of ketones is 2. The fourth-order valence-corrected chi connectivity index (χ4v) is 5.76. The summed E-state index contributed by atoms with van der Waals surface area (Å²) in [7, 11) is 0. The van der Waals surface area contributed by atoms with Gasteiger partial charge in [-0.1, -0.05) is 6.07 Å². The number of aryl methyl sites for hydroxylation is 2. The Morgan fingerprint density at radius 3 is 2.55 bits per heavy atom. The van der Waals surface area contributed by atoms with Crippen molar-refractivity contribution < 1.29 is 14.4 Å². The molecule has 2 fully saturated rings. The number of pyridine rings is 2. The lowest BCUT2D eigenvalue weighted by Crippen LogP contribution is -2.45. The Morgan fingerprint density at radius 2 is 1.84 bits per heavy atom. The minimum atomic E-state index is -0.561. The van der Waals surface area contributed by atoms with Gasteiger partial charge < -0.3 is 4.90 Å². The molecule has 0 N–H and O–H groups in total. The first-order chi connectivity index (χ1) is 18.2. The molecule has 6 rings (SSSR count). The van der Waals surface area contributed by atoms with E-state index in [0.29, 0.717) is 50.8 Å². The van der Waals surface area contributed by atoms with Crippen LogP contribution in [-0.4, -0.2) is 64.2 Å². The summed E-state index contributed by atoms with van der Waals surface area (Å²) >= 11 is 3.32. The van der Waals surface area contributed by atoms with Crippen molar-refractivity contribution in [2.45, 2.75) is 52.2 Å². The fraction of sp³-hybridized carbons (Fsp3) is 0.333. The van der Waals surface area contributed by atoms with Gasteiger partial charge in [-0.05, 0) is 66.7 Å². The van der Waals surface area contributed by atoms with Gasteiger partial charge in [0.2, 0.25) is 11.7 Å². The van der Waals surface area contributed by atoms with Crippen LogP contribution in [0.3, 0.4) is 0 Å². The molecule has 4 aromatic heterocycles. The molecule has 0 spiro atoms. The summed E-state index contributed by atoms with van der Waals surface area (Å²) in [5.74, 6) is 0.386. The molecule has 2 aliphatic rings. The van der Waals surface area contributed by atoms with Crippen LogP contribution in [0.15, 0.2) is 41.3 Å². The Labute approximate surface area is 226 Å². The fourth-order valence-electron chi connectivity index (χ4n) is 5.42. The zero-order valence-corrected chi connectivity index (χ0v) is 22.6. The second-order valence-corrected chi connectivity index (χ2v) is 10.7. The van der Waals surface area contributed by atoms with E-state index in [4.69, 9.17) is 4.98 Å². The summed E-state index contributed by atoms with van der Waals surface area (Å²) in [6.45, 7) is 4.98. The van der Waals surface area contributed by atoms with E-state index in [1.807, 2.05) is 6.92 Å². The number of carbonyl (C=O) groups excluding carboxylic acids is 3. The summed E-state index contributed by atoms with van der Waals surface area (Å²) in [6, 6.07) is 6.47. The Morgan fingerprint density at radius 1 is 1.08 bits per heavy atom. The van der Waals surface area contributed by atoms with E-state index in [1.54, 1.807) is 53.2 Å². The number of rotatable bonds is 6. The Hall–Kier alpha value is -3.86. The van der Waals surface area contributed by atoms with Gasteiger partial charge in [-0.3, -0.25) is 24.0 Å². The molecular formula is C27H24BrN7O3. The van der Waals surface area contributed by atoms with Crippen LogP contribution >= 0.6 is 15.9 Å². The number of amides is 1. The molecule has 192 valence electrons. The first-order valence-corrected chi connectivity index (χ1v) is 13.2. The number of carbonyl (C=O) groups is 3. The van der Waals surface area contributed by atoms with Gasteiger partial charge in [0.05, 0.1) is 22.9 Å². The summed E-state index contributed by atoms with van der Waals surface area (Å²) in [4.78, 5) is 58.7. The highest BCUT2D eigenvalue weighted by molar-refractivity contribution is 9.10. The normalized spacial score (nSPS) is 20.0. The van der Waals surface area contributed by atoms with Gasteiger partial charge in [-0.2, -0.15) is 5.10 Å². The molecule has 38 heavy (non-hydrogen) atoms. The second-order valence-electron chi connectivity index (χ2n) is 9.90. The van der Waals surface area contributed by atoms with Crippen LogP contribution < -0.4 is 0 Å². The average molecular weight is 574 g/mol. The summed E-state index contributed by atoms with van der Waals surface area (Å²) in [6.07, 6.45) is 4.90. The van der Waals surface area contributed by atoms with Gasteiger partial charge in [-0.15, -0.1) is 0 Å². The zero-order valence-electron chi connectivity index (χ0n) is 21.1. The summed E-state index contributed by atoms with van der Waals surface area (Å²) in [5, 5.41) is 5.15. The first kappa shape index (κ1) is 24.5. The van der Waals surface area contributed by atoms with Gasteiger partial charge in [-0.25, -0.2) is 15.0 Å². The van der Waals surface area contributed by atoms with Crippen LogP contribution in [0.25, 0.3) is 22.2 Å². The molecule has 4 aromatic rings. The largest absolute Gasteiger partial charge is 0.327 e. The van der Waals surface area contributed by atoms with Gasteiger partial charge in [0, 0.05) is 36.3 Å². The lowest BCUT2D eigenvalue weighted by molar-refractivity contribution is -0.133. The first-order valence-electron chi connectivity index (χ1n) is 12.4. The third-order valence-electron chi connectivity index (χ3n) is 7.26. The molecule has 0 unspecified atom stereocenters. The molecular weight excluding hydrogens is 550 g/mol. The molecule has 0 radical (unpaired) electrons. The molecule has 3 atom stereocenters. The minimum absolute atomic E-state index is 0.0464. The standard InChI is InChI=1S/C27H24BrN7O3/c1-13-26-18(9-20(31-13)17-10-29-15(3)30-11-17)25(14(2)36)33-34(26)12-24(37)35-21-7-16(21)8-22(35)27(38)19-5-4-6-23(28)32-19/h4-6,9-11,16,21-22H,7-8,12H2,1-3H3/t16-,21-,22+/m1/s1. The topological polar surface area (TPSA) is 124 Å². The minimum Gasteiger partial charge on any atom is -0.327 e. The van der Waals surface area contributed by atoms with Crippen LogP contribution in [0.5, 0.6) is 0 Å². The van der Waals surface area contributed by atoms with Crippen molar-refractivity contribution in [2.24, 2.45) is 5.92 Å². The van der Waals surface area contributed by atoms with E-state index in [1.165, 1.54) is 6.92 Å². The van der Waals surface area contributed by atoms with Crippen molar-refractivity contribution in [2.75, 3.05) is 0 Å². The monoisotopic (exact) mass is 573 g/mol. The van der Waals surface area contributed by atoms with Crippen molar-refractivity contribution in [1.82, 2.24) is 34.6 Å². The molecule has 1 aliphatic carbocycles. The molecule has 1 saturated carbocycles. The lowest BCUT2D eigenvalue weighted by atomic mass is 10.0. The number of halogens is 1. The van der Waals surface area contributed by atoms with E-state index in [9.17, 15) is 14.4 Å². The van der Waals surface area contributed by atoms with Crippen molar-refractivity contribution >= 4 is 44.3 Å². The quantitative estimate of drug-likeness (QED) is 0.252. The number of likely N-dealkylation sites (tertiary alicyclic amines) is 1. The van der Waals surface area contributed by atoms with Crippen molar-refractivity contribution in [3.05, 3.63) is 64.2 Å². The Bertz CT molecular complexity index is 1630. The Balaban J connectivity index is 1.34. The number of aromatic nitrogens is 6. The zero-order chi connectivity index (χ0) is 26.7. The molecule has 0 aromatic carbocycles. The maximum Gasteiger partial charge on any atom is 0.245 e. The lowest BCUT2D eigenvalue weighted by Gasteiger charge is -2.26. The molecule has 5 heterocycles. The molecule has 11 heteroatoms.